The third-order valence-electron chi connectivity index (χ3n) is 3.06. The quantitative estimate of drug-likeness (QED) is 0.805. The number of benzene rings is 1. The lowest BCUT2D eigenvalue weighted by Crippen LogP contribution is -2.15. The summed E-state index contributed by atoms with van der Waals surface area (Å²) in [5.74, 6) is 2.58. The lowest BCUT2D eigenvalue weighted by Gasteiger charge is -2.17. The number of aryl methyl sites for hydroxylation is 1. The van der Waals surface area contributed by atoms with Gasteiger partial charge in [-0.15, -0.1) is 0 Å². The Morgan fingerprint density at radius 2 is 1.94 bits per heavy atom. The number of aromatic amines is 1. The summed E-state index contributed by atoms with van der Waals surface area (Å²) in [6.45, 7) is 1.94. The number of rotatable bonds is 4. The SMILES string of the molecule is NCCCCc1nc2cc3c(cc2[nH]1)OCCO3. The van der Waals surface area contributed by atoms with Crippen molar-refractivity contribution in [2.45, 2.75) is 19.3 Å². The molecule has 5 nitrogen and oxygen atoms in total. The van der Waals surface area contributed by atoms with Gasteiger partial charge in [-0.3, -0.25) is 0 Å². The molecule has 0 fully saturated rings. The van der Waals surface area contributed by atoms with Crippen LogP contribution in [-0.4, -0.2) is 29.7 Å². The Bertz CT molecular complexity index is 507. The van der Waals surface area contributed by atoms with Crippen molar-refractivity contribution in [3.8, 4) is 11.5 Å². The van der Waals surface area contributed by atoms with Gasteiger partial charge in [0, 0.05) is 18.6 Å². The molecule has 0 saturated heterocycles. The molecule has 0 spiro atoms. The molecule has 18 heavy (non-hydrogen) atoms. The highest BCUT2D eigenvalue weighted by Gasteiger charge is 2.14. The minimum Gasteiger partial charge on any atom is -0.486 e. The van der Waals surface area contributed by atoms with Gasteiger partial charge in [0.2, 0.25) is 0 Å². The minimum atomic E-state index is 0.603. The highest BCUT2D eigenvalue weighted by atomic mass is 16.6. The number of hydrogen-bond acceptors (Lipinski definition) is 4. The molecule has 3 N–H and O–H groups in total. The molecule has 1 aromatic carbocycles. The summed E-state index contributed by atoms with van der Waals surface area (Å²) in [5, 5.41) is 0. The first-order valence-electron chi connectivity index (χ1n) is 6.35. The number of ether oxygens (including phenoxy) is 2. The van der Waals surface area contributed by atoms with Gasteiger partial charge in [-0.25, -0.2) is 4.98 Å². The Labute approximate surface area is 105 Å². The molecule has 1 aromatic heterocycles. The minimum absolute atomic E-state index is 0.603. The van der Waals surface area contributed by atoms with Crippen LogP contribution in [0.25, 0.3) is 11.0 Å². The summed E-state index contributed by atoms with van der Waals surface area (Å²) in [7, 11) is 0. The Morgan fingerprint density at radius 3 is 2.72 bits per heavy atom. The van der Waals surface area contributed by atoms with Crippen LogP contribution in [0.5, 0.6) is 11.5 Å². The molecular weight excluding hydrogens is 230 g/mol. The van der Waals surface area contributed by atoms with Gasteiger partial charge in [-0.05, 0) is 19.4 Å². The summed E-state index contributed by atoms with van der Waals surface area (Å²) in [6, 6.07) is 3.90. The van der Waals surface area contributed by atoms with E-state index in [9.17, 15) is 0 Å². The maximum atomic E-state index is 5.55. The molecule has 5 heteroatoms. The number of nitrogens with zero attached hydrogens (tertiary/aromatic N) is 1. The molecule has 1 aliphatic heterocycles. The number of imidazole rings is 1. The zero-order valence-corrected chi connectivity index (χ0v) is 10.2. The summed E-state index contributed by atoms with van der Waals surface area (Å²) < 4.78 is 11.1. The van der Waals surface area contributed by atoms with Gasteiger partial charge in [-0.2, -0.15) is 0 Å². The molecule has 2 aromatic rings. The fraction of sp³-hybridized carbons (Fsp3) is 0.462. The van der Waals surface area contributed by atoms with Crippen molar-refractivity contribution >= 4 is 11.0 Å². The third kappa shape index (κ3) is 2.13. The molecule has 0 unspecified atom stereocenters. The van der Waals surface area contributed by atoms with E-state index in [4.69, 9.17) is 15.2 Å². The van der Waals surface area contributed by atoms with E-state index in [1.54, 1.807) is 0 Å². The molecule has 0 radical (unpaired) electrons. The number of nitrogens with one attached hydrogen (secondary N) is 1. The van der Waals surface area contributed by atoms with Crippen molar-refractivity contribution in [2.75, 3.05) is 19.8 Å². The Balaban J connectivity index is 1.87. The van der Waals surface area contributed by atoms with Crippen LogP contribution in [0.15, 0.2) is 12.1 Å². The van der Waals surface area contributed by atoms with Crippen molar-refractivity contribution < 1.29 is 9.47 Å². The van der Waals surface area contributed by atoms with E-state index >= 15 is 0 Å². The molecule has 3 rings (SSSR count). The zero-order chi connectivity index (χ0) is 12.4. The molecule has 0 aliphatic carbocycles. The first-order valence-corrected chi connectivity index (χ1v) is 6.35. The number of fused-ring (bicyclic) bond motifs is 2. The fourth-order valence-corrected chi connectivity index (χ4v) is 2.15. The predicted molar refractivity (Wildman–Crippen MR) is 69.1 cm³/mol. The molecule has 0 saturated carbocycles. The summed E-state index contributed by atoms with van der Waals surface area (Å²) in [6.07, 6.45) is 3.01. The van der Waals surface area contributed by atoms with Crippen LogP contribution in [0.4, 0.5) is 0 Å². The number of unbranched alkanes of at least 4 members (excludes halogenated alkanes) is 1. The van der Waals surface area contributed by atoms with E-state index < -0.39 is 0 Å². The van der Waals surface area contributed by atoms with Crippen LogP contribution >= 0.6 is 0 Å². The van der Waals surface area contributed by atoms with E-state index in [2.05, 4.69) is 9.97 Å². The van der Waals surface area contributed by atoms with E-state index in [0.29, 0.717) is 13.2 Å². The molecular formula is C13H17N3O2. The second kappa shape index (κ2) is 4.86. The van der Waals surface area contributed by atoms with E-state index in [1.807, 2.05) is 12.1 Å². The van der Waals surface area contributed by atoms with E-state index in [-0.39, 0.29) is 0 Å². The average molecular weight is 247 g/mol. The molecule has 1 aliphatic rings. The Hall–Kier alpha value is -1.75. The monoisotopic (exact) mass is 247 g/mol. The second-order valence-electron chi connectivity index (χ2n) is 4.44. The van der Waals surface area contributed by atoms with Crippen LogP contribution in [0, 0.1) is 0 Å². The molecule has 0 atom stereocenters. The first kappa shape index (κ1) is 11.3. The van der Waals surface area contributed by atoms with Gasteiger partial charge >= 0.3 is 0 Å². The van der Waals surface area contributed by atoms with Gasteiger partial charge in [0.15, 0.2) is 11.5 Å². The number of hydrogen-bond donors (Lipinski definition) is 2. The van der Waals surface area contributed by atoms with Gasteiger partial charge in [0.05, 0.1) is 11.0 Å². The van der Waals surface area contributed by atoms with Crippen LogP contribution < -0.4 is 15.2 Å². The van der Waals surface area contributed by atoms with Crippen molar-refractivity contribution in [3.05, 3.63) is 18.0 Å². The topological polar surface area (TPSA) is 73.2 Å². The molecule has 0 amide bonds. The Morgan fingerprint density at radius 1 is 1.17 bits per heavy atom. The first-order chi connectivity index (χ1) is 8.86. The second-order valence-corrected chi connectivity index (χ2v) is 4.44. The number of aromatic nitrogens is 2. The van der Waals surface area contributed by atoms with Crippen LogP contribution in [-0.2, 0) is 6.42 Å². The van der Waals surface area contributed by atoms with Crippen molar-refractivity contribution in [1.29, 1.82) is 0 Å². The van der Waals surface area contributed by atoms with Crippen LogP contribution in [0.2, 0.25) is 0 Å². The number of H-pyrrole nitrogens is 1. The summed E-state index contributed by atoms with van der Waals surface area (Å²) >= 11 is 0. The average Bonchev–Trinajstić information content (AvgIpc) is 2.77. The predicted octanol–water partition coefficient (Wildman–Crippen LogP) is 1.62. The van der Waals surface area contributed by atoms with Gasteiger partial charge in [-0.1, -0.05) is 0 Å². The van der Waals surface area contributed by atoms with Gasteiger partial charge in [0.25, 0.3) is 0 Å². The highest BCUT2D eigenvalue weighted by Crippen LogP contribution is 2.33. The maximum absolute atomic E-state index is 5.55. The molecule has 96 valence electrons. The van der Waals surface area contributed by atoms with Crippen LogP contribution in [0.1, 0.15) is 18.7 Å². The summed E-state index contributed by atoms with van der Waals surface area (Å²) in [5.41, 5.74) is 7.42. The normalized spacial score (nSPS) is 14.1. The lowest BCUT2D eigenvalue weighted by atomic mass is 10.2. The lowest BCUT2D eigenvalue weighted by molar-refractivity contribution is 0.172. The molecule has 2 heterocycles. The van der Waals surface area contributed by atoms with Crippen LogP contribution in [0.3, 0.4) is 0 Å². The van der Waals surface area contributed by atoms with Gasteiger partial charge in [0.1, 0.15) is 19.0 Å². The Kier molecular flexibility index (Phi) is 3.06. The molecule has 0 bridgehead atoms. The standard InChI is InChI=1S/C13H17N3O2/c14-4-2-1-3-13-15-9-7-11-12(8-10(9)16-13)18-6-5-17-11/h7-8H,1-6,14H2,(H,15,16). The fourth-order valence-electron chi connectivity index (χ4n) is 2.15. The van der Waals surface area contributed by atoms with Gasteiger partial charge < -0.3 is 20.2 Å². The van der Waals surface area contributed by atoms with E-state index in [1.165, 1.54) is 0 Å². The van der Waals surface area contributed by atoms with E-state index in [0.717, 1.165) is 54.2 Å². The third-order valence-corrected chi connectivity index (χ3v) is 3.06. The maximum Gasteiger partial charge on any atom is 0.163 e. The van der Waals surface area contributed by atoms with Crippen molar-refractivity contribution in [1.82, 2.24) is 9.97 Å². The zero-order valence-electron chi connectivity index (χ0n) is 10.2. The van der Waals surface area contributed by atoms with Crippen molar-refractivity contribution in [3.63, 3.8) is 0 Å². The highest BCUT2D eigenvalue weighted by molar-refractivity contribution is 5.79. The summed E-state index contributed by atoms with van der Waals surface area (Å²) in [4.78, 5) is 7.88. The van der Waals surface area contributed by atoms with Crippen molar-refractivity contribution in [2.24, 2.45) is 5.73 Å². The smallest absolute Gasteiger partial charge is 0.163 e. The largest absolute Gasteiger partial charge is 0.486 e. The number of nitrogens with two attached hydrogens (primary N) is 1.